The maximum atomic E-state index is 5.85. The van der Waals surface area contributed by atoms with Crippen LogP contribution in [0.4, 0.5) is 0 Å². The third-order valence-corrected chi connectivity index (χ3v) is 7.00. The Bertz CT molecular complexity index is 1410. The maximum absolute atomic E-state index is 5.85. The SMILES string of the molecule is C.C=C(C)B1OC(C)(C)C(C)(C)O1.C=C(C)c1ccnc(-c2ccccc2)c1.Clc1ccnc(-c2ccccc2)c1. The van der Waals surface area contributed by atoms with Gasteiger partial charge in [-0.25, -0.2) is 0 Å². The Morgan fingerprint density at radius 2 is 1.15 bits per heavy atom. The molecule has 3 heterocycles. The molecule has 4 nitrogen and oxygen atoms in total. The van der Waals surface area contributed by atoms with Crippen LogP contribution in [0.5, 0.6) is 0 Å². The van der Waals surface area contributed by atoms with Gasteiger partial charge < -0.3 is 9.31 Å². The molecule has 5 rings (SSSR count). The summed E-state index contributed by atoms with van der Waals surface area (Å²) in [5.74, 6) is 0. The third-order valence-electron chi connectivity index (χ3n) is 6.77. The van der Waals surface area contributed by atoms with Gasteiger partial charge in [-0.15, -0.1) is 6.58 Å². The van der Waals surface area contributed by atoms with Crippen LogP contribution in [0.25, 0.3) is 28.1 Å². The molecule has 0 amide bonds. The lowest BCUT2D eigenvalue weighted by Crippen LogP contribution is -2.41. The average Bonchev–Trinajstić information content (AvgIpc) is 3.17. The van der Waals surface area contributed by atoms with Gasteiger partial charge in [0, 0.05) is 28.5 Å². The third kappa shape index (κ3) is 9.53. The van der Waals surface area contributed by atoms with Crippen LogP contribution in [0.15, 0.2) is 116 Å². The van der Waals surface area contributed by atoms with Crippen LogP contribution < -0.4 is 0 Å². The summed E-state index contributed by atoms with van der Waals surface area (Å²) in [7, 11) is -0.241. The first kappa shape index (κ1) is 33.7. The van der Waals surface area contributed by atoms with Gasteiger partial charge in [0.2, 0.25) is 0 Å². The minimum atomic E-state index is -0.241. The lowest BCUT2D eigenvalue weighted by atomic mass is 9.81. The largest absolute Gasteiger partial charge is 0.489 e. The summed E-state index contributed by atoms with van der Waals surface area (Å²) in [6.45, 7) is 19.8. The number of hydrogen-bond donors (Lipinski definition) is 0. The first-order chi connectivity index (χ1) is 18.9. The lowest BCUT2D eigenvalue weighted by Gasteiger charge is -2.32. The highest BCUT2D eigenvalue weighted by molar-refractivity contribution is 6.54. The highest BCUT2D eigenvalue weighted by Gasteiger charge is 2.51. The van der Waals surface area contributed by atoms with Gasteiger partial charge in [-0.3, -0.25) is 9.97 Å². The molecule has 2 aromatic heterocycles. The molecule has 0 spiro atoms. The predicted octanol–water partition coefficient (Wildman–Crippen LogP) is 10.0. The van der Waals surface area contributed by atoms with Crippen molar-refractivity contribution in [1.29, 1.82) is 0 Å². The first-order valence-corrected chi connectivity index (χ1v) is 13.6. The van der Waals surface area contributed by atoms with E-state index >= 15 is 0 Å². The van der Waals surface area contributed by atoms with Crippen LogP contribution >= 0.6 is 11.6 Å². The smallest absolute Gasteiger partial charge is 0.400 e. The van der Waals surface area contributed by atoms with Crippen molar-refractivity contribution in [1.82, 2.24) is 9.97 Å². The monoisotopic (exact) mass is 568 g/mol. The van der Waals surface area contributed by atoms with Crippen LogP contribution in [0.2, 0.25) is 5.02 Å². The highest BCUT2D eigenvalue weighted by atomic mass is 35.5. The molecule has 1 saturated heterocycles. The topological polar surface area (TPSA) is 44.2 Å². The standard InChI is InChI=1S/C14H13N.C11H8ClN.C9H17BO2.CH4/c1-11(2)13-8-9-15-14(10-13)12-6-4-3-5-7-12;12-10-6-7-13-11(8-10)9-4-2-1-3-5-9;1-7(2)10-11-8(3,4)9(5,6)12-10;/h3-10H,1H2,2H3;1-8H;1H2,2-6H3;1H4. The highest BCUT2D eigenvalue weighted by Crippen LogP contribution is 2.38. The van der Waals surface area contributed by atoms with E-state index in [-0.39, 0.29) is 25.7 Å². The van der Waals surface area contributed by atoms with Crippen molar-refractivity contribution in [3.8, 4) is 22.5 Å². The van der Waals surface area contributed by atoms with E-state index in [2.05, 4.69) is 41.3 Å². The summed E-state index contributed by atoms with van der Waals surface area (Å²) in [6.07, 6.45) is 3.54. The second-order valence-electron chi connectivity index (χ2n) is 10.7. The van der Waals surface area contributed by atoms with Gasteiger partial charge in [0.15, 0.2) is 0 Å². The Labute approximate surface area is 252 Å². The Kier molecular flexibility index (Phi) is 12.3. The number of pyridine rings is 2. The summed E-state index contributed by atoms with van der Waals surface area (Å²) in [6, 6.07) is 27.8. The molecule has 4 aromatic rings. The van der Waals surface area contributed by atoms with Gasteiger partial charge in [0.1, 0.15) is 0 Å². The quantitative estimate of drug-likeness (QED) is 0.230. The molecule has 0 radical (unpaired) electrons. The molecule has 1 aliphatic rings. The lowest BCUT2D eigenvalue weighted by molar-refractivity contribution is 0.00578. The van der Waals surface area contributed by atoms with Crippen molar-refractivity contribution in [2.24, 2.45) is 0 Å². The average molecular weight is 569 g/mol. The van der Waals surface area contributed by atoms with Gasteiger partial charge >= 0.3 is 7.12 Å². The van der Waals surface area contributed by atoms with E-state index in [1.165, 1.54) is 0 Å². The van der Waals surface area contributed by atoms with Crippen LogP contribution in [-0.4, -0.2) is 28.3 Å². The zero-order valence-electron chi connectivity index (χ0n) is 24.3. The number of rotatable bonds is 4. The van der Waals surface area contributed by atoms with Crippen LogP contribution in [0, 0.1) is 0 Å². The van der Waals surface area contributed by atoms with Crippen LogP contribution in [-0.2, 0) is 9.31 Å². The molecule has 0 aliphatic carbocycles. The fourth-order valence-corrected chi connectivity index (χ4v) is 3.84. The molecular formula is C35H42BClN2O2. The molecular weight excluding hydrogens is 527 g/mol. The zero-order valence-corrected chi connectivity index (χ0v) is 25.1. The molecule has 214 valence electrons. The molecule has 0 saturated carbocycles. The predicted molar refractivity (Wildman–Crippen MR) is 177 cm³/mol. The number of nitrogens with zero attached hydrogens (tertiary/aromatic N) is 2. The number of benzene rings is 2. The molecule has 2 aromatic carbocycles. The van der Waals surface area contributed by atoms with Crippen molar-refractivity contribution < 1.29 is 9.31 Å². The zero-order chi connectivity index (χ0) is 29.3. The molecule has 41 heavy (non-hydrogen) atoms. The van der Waals surface area contributed by atoms with Crippen molar-refractivity contribution in [3.63, 3.8) is 0 Å². The molecule has 6 heteroatoms. The molecule has 1 aliphatic heterocycles. The van der Waals surface area contributed by atoms with Crippen LogP contribution in [0.1, 0.15) is 54.5 Å². The van der Waals surface area contributed by atoms with E-state index in [0.717, 1.165) is 39.1 Å². The normalized spacial score (nSPS) is 14.4. The summed E-state index contributed by atoms with van der Waals surface area (Å²) in [4.78, 5) is 8.58. The van der Waals surface area contributed by atoms with E-state index in [0.29, 0.717) is 5.02 Å². The van der Waals surface area contributed by atoms with E-state index in [1.807, 2.05) is 108 Å². The van der Waals surface area contributed by atoms with Gasteiger partial charge in [-0.1, -0.05) is 97.3 Å². The minimum absolute atomic E-state index is 0. The summed E-state index contributed by atoms with van der Waals surface area (Å²) in [5, 5.41) is 0.717. The van der Waals surface area contributed by atoms with E-state index in [4.69, 9.17) is 20.9 Å². The van der Waals surface area contributed by atoms with Gasteiger partial charge in [0.25, 0.3) is 0 Å². The number of aromatic nitrogens is 2. The summed E-state index contributed by atoms with van der Waals surface area (Å²) in [5.41, 5.74) is 6.79. The van der Waals surface area contributed by atoms with Crippen molar-refractivity contribution in [2.45, 2.75) is 60.2 Å². The molecule has 0 N–H and O–H groups in total. The Hall–Kier alpha value is -3.51. The van der Waals surface area contributed by atoms with Gasteiger partial charge in [-0.05, 0) is 71.4 Å². The fraction of sp³-hybridized carbons (Fsp3) is 0.257. The Balaban J connectivity index is 0.000000214. The number of halogens is 1. The second-order valence-corrected chi connectivity index (χ2v) is 11.2. The van der Waals surface area contributed by atoms with E-state index in [9.17, 15) is 0 Å². The van der Waals surface area contributed by atoms with E-state index < -0.39 is 0 Å². The van der Waals surface area contributed by atoms with Gasteiger partial charge in [0.05, 0.1) is 22.6 Å². The second kappa shape index (κ2) is 14.9. The van der Waals surface area contributed by atoms with Crippen molar-refractivity contribution in [2.75, 3.05) is 0 Å². The fourth-order valence-electron chi connectivity index (χ4n) is 3.68. The van der Waals surface area contributed by atoms with Gasteiger partial charge in [-0.2, -0.15) is 0 Å². The van der Waals surface area contributed by atoms with Crippen molar-refractivity contribution in [3.05, 3.63) is 127 Å². The van der Waals surface area contributed by atoms with Crippen LogP contribution in [0.3, 0.4) is 0 Å². The first-order valence-electron chi connectivity index (χ1n) is 13.2. The van der Waals surface area contributed by atoms with Crippen molar-refractivity contribution >= 4 is 24.3 Å². The maximum Gasteiger partial charge on any atom is 0.489 e. The molecule has 0 atom stereocenters. The number of allylic oxidation sites excluding steroid dienone is 2. The molecule has 1 fully saturated rings. The minimum Gasteiger partial charge on any atom is -0.400 e. The Morgan fingerprint density at radius 3 is 1.54 bits per heavy atom. The van der Waals surface area contributed by atoms with E-state index in [1.54, 1.807) is 12.3 Å². The summed E-state index contributed by atoms with van der Waals surface area (Å²) < 4.78 is 11.4. The molecule has 0 unspecified atom stereocenters. The summed E-state index contributed by atoms with van der Waals surface area (Å²) >= 11 is 5.85. The number of hydrogen-bond acceptors (Lipinski definition) is 4. The Morgan fingerprint density at radius 1 is 0.707 bits per heavy atom. The molecule has 0 bridgehead atoms.